The molecule has 0 bridgehead atoms. The van der Waals surface area contributed by atoms with Gasteiger partial charge in [0, 0.05) is 19.4 Å². The van der Waals surface area contributed by atoms with E-state index in [2.05, 4.69) is 13.8 Å². The van der Waals surface area contributed by atoms with Gasteiger partial charge in [-0.25, -0.2) is 0 Å². The average molecular weight is 344 g/mol. The van der Waals surface area contributed by atoms with E-state index < -0.39 is 0 Å². The van der Waals surface area contributed by atoms with Crippen LogP contribution in [0.25, 0.3) is 0 Å². The molecule has 6 unspecified atom stereocenters. The van der Waals surface area contributed by atoms with Gasteiger partial charge in [-0.1, -0.05) is 19.4 Å². The first-order valence-electron chi connectivity index (χ1n) is 10.2. The predicted molar refractivity (Wildman–Crippen MR) is 97.1 cm³/mol. The topological polar surface area (TPSA) is 43.4 Å². The summed E-state index contributed by atoms with van der Waals surface area (Å²) in [6, 6.07) is 0. The number of hydrogen-bond acceptors (Lipinski definition) is 3. The van der Waals surface area contributed by atoms with Gasteiger partial charge in [-0.05, 0) is 79.6 Å². The summed E-state index contributed by atoms with van der Waals surface area (Å²) in [7, 11) is 1.63. The minimum absolute atomic E-state index is 0.166. The molecule has 0 heterocycles. The number of carbonyl (C=O) groups excluding carboxylic acids is 2. The molecule has 4 aliphatic carbocycles. The number of ether oxygens (including phenoxy) is 1. The van der Waals surface area contributed by atoms with Crippen molar-refractivity contribution in [3.8, 4) is 0 Å². The van der Waals surface area contributed by atoms with Crippen LogP contribution < -0.4 is 0 Å². The zero-order valence-corrected chi connectivity index (χ0v) is 16.0. The Morgan fingerprint density at radius 2 is 1.92 bits per heavy atom. The first kappa shape index (κ1) is 17.5. The van der Waals surface area contributed by atoms with Gasteiger partial charge in [-0.3, -0.25) is 9.59 Å². The van der Waals surface area contributed by atoms with Gasteiger partial charge in [0.25, 0.3) is 0 Å². The van der Waals surface area contributed by atoms with E-state index in [1.165, 1.54) is 24.8 Å². The number of ketones is 2. The summed E-state index contributed by atoms with van der Waals surface area (Å²) in [5.74, 6) is 2.95. The Labute approximate surface area is 151 Å². The number of rotatable bonds is 3. The zero-order chi connectivity index (χ0) is 17.8. The molecule has 3 fully saturated rings. The Balaban J connectivity index is 1.61. The Hall–Kier alpha value is -0.960. The van der Waals surface area contributed by atoms with E-state index in [0.717, 1.165) is 38.0 Å². The van der Waals surface area contributed by atoms with Crippen LogP contribution in [0.4, 0.5) is 0 Å². The van der Waals surface area contributed by atoms with Gasteiger partial charge in [0.15, 0.2) is 11.6 Å². The van der Waals surface area contributed by atoms with Crippen molar-refractivity contribution in [2.45, 2.75) is 65.2 Å². The first-order valence-corrected chi connectivity index (χ1v) is 10.2. The summed E-state index contributed by atoms with van der Waals surface area (Å²) in [5, 5.41) is 0. The molecule has 138 valence electrons. The van der Waals surface area contributed by atoms with Crippen molar-refractivity contribution < 1.29 is 14.3 Å². The second-order valence-electron chi connectivity index (χ2n) is 9.54. The highest BCUT2D eigenvalue weighted by molar-refractivity contribution is 5.91. The minimum atomic E-state index is 0.166. The second kappa shape index (κ2) is 6.04. The molecule has 6 atom stereocenters. The van der Waals surface area contributed by atoms with Crippen LogP contribution in [0.2, 0.25) is 0 Å². The van der Waals surface area contributed by atoms with Crippen LogP contribution in [0.15, 0.2) is 11.6 Å². The molecule has 0 aromatic rings. The molecular weight excluding hydrogens is 312 g/mol. The van der Waals surface area contributed by atoms with Gasteiger partial charge in [0.05, 0.1) is 0 Å². The Bertz CT molecular complexity index is 621. The maximum atomic E-state index is 12.6. The third kappa shape index (κ3) is 2.49. The monoisotopic (exact) mass is 344 g/mol. The molecule has 3 saturated carbocycles. The van der Waals surface area contributed by atoms with Crippen molar-refractivity contribution in [1.82, 2.24) is 0 Å². The fourth-order valence-electron chi connectivity index (χ4n) is 7.33. The fourth-order valence-corrected chi connectivity index (χ4v) is 7.33. The highest BCUT2D eigenvalue weighted by Crippen LogP contribution is 2.66. The number of Topliss-reactive ketones (excluding diaryl/α,β-unsaturated/α-hetero) is 1. The normalized spacial score (nSPS) is 46.0. The molecule has 0 amide bonds. The van der Waals surface area contributed by atoms with E-state index in [-0.39, 0.29) is 23.4 Å². The Kier molecular flexibility index (Phi) is 4.22. The third-order valence-electron chi connectivity index (χ3n) is 8.64. The Morgan fingerprint density at radius 1 is 1.12 bits per heavy atom. The lowest BCUT2D eigenvalue weighted by Gasteiger charge is -2.58. The maximum Gasteiger partial charge on any atom is 0.162 e. The number of allylic oxidation sites excluding steroid dienone is 1. The lowest BCUT2D eigenvalue weighted by atomic mass is 9.46. The summed E-state index contributed by atoms with van der Waals surface area (Å²) < 4.78 is 5.16. The van der Waals surface area contributed by atoms with Crippen LogP contribution in [0.5, 0.6) is 0 Å². The van der Waals surface area contributed by atoms with Crippen LogP contribution in [0.3, 0.4) is 0 Å². The van der Waals surface area contributed by atoms with Crippen molar-refractivity contribution >= 4 is 11.6 Å². The molecule has 0 N–H and O–H groups in total. The molecule has 3 heteroatoms. The maximum absolute atomic E-state index is 12.6. The molecule has 0 aliphatic heterocycles. The quantitative estimate of drug-likeness (QED) is 0.764. The van der Waals surface area contributed by atoms with Gasteiger partial charge in [-0.15, -0.1) is 0 Å². The number of hydrogen-bond donors (Lipinski definition) is 0. The van der Waals surface area contributed by atoms with Crippen molar-refractivity contribution in [3.63, 3.8) is 0 Å². The summed E-state index contributed by atoms with van der Waals surface area (Å²) in [4.78, 5) is 24.5. The van der Waals surface area contributed by atoms with Crippen LogP contribution >= 0.6 is 0 Å². The molecule has 0 radical (unpaired) electrons. The van der Waals surface area contributed by atoms with Gasteiger partial charge in [0.2, 0.25) is 0 Å². The lowest BCUT2D eigenvalue weighted by molar-refractivity contribution is -0.134. The van der Waals surface area contributed by atoms with Gasteiger partial charge < -0.3 is 4.74 Å². The van der Waals surface area contributed by atoms with E-state index in [9.17, 15) is 9.59 Å². The lowest BCUT2D eigenvalue weighted by Crippen LogP contribution is -2.51. The summed E-state index contributed by atoms with van der Waals surface area (Å²) in [6.45, 7) is 5.08. The number of carbonyl (C=O) groups is 2. The number of fused-ring (bicyclic) bond motifs is 5. The van der Waals surface area contributed by atoms with E-state index in [0.29, 0.717) is 23.4 Å². The first-order chi connectivity index (χ1) is 11.9. The largest absolute Gasteiger partial charge is 0.377 e. The van der Waals surface area contributed by atoms with Crippen molar-refractivity contribution in [2.75, 3.05) is 13.7 Å². The summed E-state index contributed by atoms with van der Waals surface area (Å²) in [5.41, 5.74) is 1.82. The third-order valence-corrected chi connectivity index (χ3v) is 8.64. The standard InChI is InChI=1S/C22H32O3/c1-21-10-8-15(23)12-14(21)4-5-16-17-6-7-19(20(24)13-25-3)22(17,2)11-9-18(16)21/h12,16-19H,4-11,13H2,1-3H3. The van der Waals surface area contributed by atoms with Crippen LogP contribution in [0, 0.1) is 34.5 Å². The van der Waals surface area contributed by atoms with E-state index in [1.807, 2.05) is 6.08 Å². The molecule has 0 saturated heterocycles. The summed E-state index contributed by atoms with van der Waals surface area (Å²) in [6.07, 6.45) is 10.7. The highest BCUT2D eigenvalue weighted by atomic mass is 16.5. The predicted octanol–water partition coefficient (Wildman–Crippen LogP) is 4.35. The Morgan fingerprint density at radius 3 is 2.68 bits per heavy atom. The molecule has 0 spiro atoms. The van der Waals surface area contributed by atoms with Crippen LogP contribution in [-0.2, 0) is 14.3 Å². The van der Waals surface area contributed by atoms with Crippen LogP contribution in [0.1, 0.15) is 65.2 Å². The van der Waals surface area contributed by atoms with Crippen molar-refractivity contribution in [3.05, 3.63) is 11.6 Å². The van der Waals surface area contributed by atoms with Crippen molar-refractivity contribution in [2.24, 2.45) is 34.5 Å². The molecule has 25 heavy (non-hydrogen) atoms. The smallest absolute Gasteiger partial charge is 0.162 e. The fraction of sp³-hybridized carbons (Fsp3) is 0.818. The average Bonchev–Trinajstić information content (AvgIpc) is 2.93. The molecular formula is C22H32O3. The van der Waals surface area contributed by atoms with Crippen LogP contribution in [-0.4, -0.2) is 25.3 Å². The highest BCUT2D eigenvalue weighted by Gasteiger charge is 2.59. The van der Waals surface area contributed by atoms with Gasteiger partial charge in [-0.2, -0.15) is 0 Å². The zero-order valence-electron chi connectivity index (χ0n) is 16.0. The molecule has 0 aromatic heterocycles. The number of methoxy groups -OCH3 is 1. The van der Waals surface area contributed by atoms with E-state index in [1.54, 1.807) is 7.11 Å². The molecule has 3 nitrogen and oxygen atoms in total. The minimum Gasteiger partial charge on any atom is -0.377 e. The molecule has 4 aliphatic rings. The van der Waals surface area contributed by atoms with Crippen molar-refractivity contribution in [1.29, 1.82) is 0 Å². The van der Waals surface area contributed by atoms with Gasteiger partial charge >= 0.3 is 0 Å². The summed E-state index contributed by atoms with van der Waals surface area (Å²) >= 11 is 0. The molecule has 4 rings (SSSR count). The van der Waals surface area contributed by atoms with E-state index >= 15 is 0 Å². The van der Waals surface area contributed by atoms with Gasteiger partial charge in [0.1, 0.15) is 6.61 Å². The van der Waals surface area contributed by atoms with E-state index in [4.69, 9.17) is 4.74 Å². The molecule has 0 aromatic carbocycles. The SMILES string of the molecule is COCC(=O)C1CCC2C3CCC4=CC(=O)CCC4(C)C3CCC12C. The second-order valence-corrected chi connectivity index (χ2v) is 9.54.